The summed E-state index contributed by atoms with van der Waals surface area (Å²) in [6.07, 6.45) is 11.5. The van der Waals surface area contributed by atoms with E-state index in [0.717, 1.165) is 36.0 Å². The topological polar surface area (TPSA) is 66.4 Å². The third kappa shape index (κ3) is 5.06. The predicted molar refractivity (Wildman–Crippen MR) is 145 cm³/mol. The molecule has 0 radical (unpaired) electrons. The average molecular weight is 488 g/mol. The summed E-state index contributed by atoms with van der Waals surface area (Å²) in [6.45, 7) is 12.9. The van der Waals surface area contributed by atoms with Gasteiger partial charge < -0.3 is 10.4 Å². The number of allylic oxidation sites excluding steroid dienone is 6. The summed E-state index contributed by atoms with van der Waals surface area (Å²) in [5, 5.41) is 13.9. The van der Waals surface area contributed by atoms with Crippen molar-refractivity contribution < 1.29 is 14.7 Å². The fourth-order valence-corrected chi connectivity index (χ4v) is 7.16. The minimum absolute atomic E-state index is 0.0598. The molecule has 2 aliphatic carbocycles. The lowest BCUT2D eigenvalue weighted by molar-refractivity contribution is -0.129. The number of ketones is 1. The Morgan fingerprint density at radius 3 is 2.53 bits per heavy atom. The minimum Gasteiger partial charge on any atom is -0.367 e. The van der Waals surface area contributed by atoms with Crippen molar-refractivity contribution in [1.82, 2.24) is 5.32 Å². The molecule has 1 amide bonds. The highest BCUT2D eigenvalue weighted by molar-refractivity contribution is 6.22. The van der Waals surface area contributed by atoms with Crippen LogP contribution in [-0.2, 0) is 16.0 Å². The van der Waals surface area contributed by atoms with Crippen LogP contribution in [0.3, 0.4) is 0 Å². The van der Waals surface area contributed by atoms with E-state index >= 15 is 0 Å². The van der Waals surface area contributed by atoms with Crippen LogP contribution in [0.25, 0.3) is 0 Å². The van der Waals surface area contributed by atoms with E-state index < -0.39 is 11.6 Å². The maximum Gasteiger partial charge on any atom is 0.257 e. The van der Waals surface area contributed by atoms with Crippen LogP contribution in [0, 0.1) is 29.1 Å². The van der Waals surface area contributed by atoms with Crippen molar-refractivity contribution >= 4 is 11.7 Å². The quantitative estimate of drug-likeness (QED) is 0.290. The number of carbonyl (C=O) groups excluding carboxylic acids is 2. The molecule has 4 nitrogen and oxygen atoms in total. The number of aliphatic hydroxyl groups is 1. The maximum absolute atomic E-state index is 14.3. The van der Waals surface area contributed by atoms with Crippen LogP contribution < -0.4 is 5.32 Å². The normalized spacial score (nSPS) is 35.0. The largest absolute Gasteiger partial charge is 0.367 e. The number of fused-ring (bicyclic) bond motifs is 1. The fraction of sp³-hybridized carbons (Fsp3) is 0.500. The zero-order valence-electron chi connectivity index (χ0n) is 22.6. The minimum atomic E-state index is -1.56. The van der Waals surface area contributed by atoms with E-state index in [1.807, 2.05) is 37.3 Å². The monoisotopic (exact) mass is 487 g/mol. The molecule has 1 aromatic rings. The third-order valence-corrected chi connectivity index (χ3v) is 8.69. The van der Waals surface area contributed by atoms with Gasteiger partial charge in [0.25, 0.3) is 5.91 Å². The van der Waals surface area contributed by atoms with Crippen LogP contribution in [0.1, 0.15) is 66.4 Å². The number of Topliss-reactive ketones (excluding diaryl/α,β-unsaturated/α-hetero) is 1. The summed E-state index contributed by atoms with van der Waals surface area (Å²) in [4.78, 5) is 27.5. The summed E-state index contributed by atoms with van der Waals surface area (Å²) in [5.41, 5.74) is 2.88. The first-order valence-electron chi connectivity index (χ1n) is 13.3. The lowest BCUT2D eigenvalue weighted by atomic mass is 9.52. The molecular weight excluding hydrogens is 446 g/mol. The van der Waals surface area contributed by atoms with Gasteiger partial charge in [0.1, 0.15) is 0 Å². The van der Waals surface area contributed by atoms with Gasteiger partial charge in [0, 0.05) is 18.3 Å². The molecule has 0 bridgehead atoms. The van der Waals surface area contributed by atoms with Gasteiger partial charge in [0.05, 0.1) is 5.57 Å². The first kappa shape index (κ1) is 26.3. The Labute approximate surface area is 216 Å². The van der Waals surface area contributed by atoms with Crippen molar-refractivity contribution in [2.45, 2.75) is 73.0 Å². The fourth-order valence-electron chi connectivity index (χ4n) is 7.16. The highest BCUT2D eigenvalue weighted by atomic mass is 16.3. The van der Waals surface area contributed by atoms with Crippen LogP contribution in [0.15, 0.2) is 76.9 Å². The van der Waals surface area contributed by atoms with Gasteiger partial charge in [0.2, 0.25) is 0 Å². The highest BCUT2D eigenvalue weighted by Gasteiger charge is 2.52. The van der Waals surface area contributed by atoms with Crippen LogP contribution in [0.5, 0.6) is 0 Å². The number of hydrogen-bond acceptors (Lipinski definition) is 3. The Balaban J connectivity index is 1.76. The second-order valence-corrected chi connectivity index (χ2v) is 11.8. The van der Waals surface area contributed by atoms with Crippen LogP contribution in [-0.4, -0.2) is 22.5 Å². The Morgan fingerprint density at radius 2 is 1.86 bits per heavy atom. The summed E-state index contributed by atoms with van der Waals surface area (Å²) >= 11 is 0. The Morgan fingerprint density at radius 1 is 1.17 bits per heavy atom. The molecule has 2 unspecified atom stereocenters. The molecule has 36 heavy (non-hydrogen) atoms. The van der Waals surface area contributed by atoms with Gasteiger partial charge in [-0.05, 0) is 69.4 Å². The van der Waals surface area contributed by atoms with Gasteiger partial charge >= 0.3 is 0 Å². The van der Waals surface area contributed by atoms with E-state index in [1.54, 1.807) is 0 Å². The van der Waals surface area contributed by atoms with E-state index in [4.69, 9.17) is 0 Å². The molecule has 1 aromatic carbocycles. The molecular formula is C32H41NO3. The molecule has 1 heterocycles. The molecule has 3 aliphatic rings. The van der Waals surface area contributed by atoms with Gasteiger partial charge in [-0.15, -0.1) is 0 Å². The molecule has 192 valence electrons. The standard InChI is InChI=1S/C32H41NO3/c1-7-20(2)15-22(4)27-23(5)17-31(6)16-21(3)13-14-26(31)28(27)29(34)25-19-32(36,33-30(25)35)18-24-11-9-8-10-12-24/h7-12,15,17,19,21,26-28,36H,13-14,16,18H2,1-6H3,(H,33,35)/b20-7+,22-15+/t21-,26+,27-,28?,31+,32?/m1/s1. The summed E-state index contributed by atoms with van der Waals surface area (Å²) < 4.78 is 0. The van der Waals surface area contributed by atoms with Crippen LogP contribution in [0.4, 0.5) is 0 Å². The molecule has 4 heteroatoms. The number of nitrogens with one attached hydrogen (secondary N) is 1. The highest BCUT2D eigenvalue weighted by Crippen LogP contribution is 2.56. The zero-order chi connectivity index (χ0) is 26.3. The van der Waals surface area contributed by atoms with E-state index in [0.29, 0.717) is 5.92 Å². The summed E-state index contributed by atoms with van der Waals surface area (Å²) in [5.74, 6) is -0.234. The van der Waals surface area contributed by atoms with Gasteiger partial charge in [-0.3, -0.25) is 9.59 Å². The van der Waals surface area contributed by atoms with Crippen LogP contribution >= 0.6 is 0 Å². The van der Waals surface area contributed by atoms with Crippen molar-refractivity contribution in [1.29, 1.82) is 0 Å². The van der Waals surface area contributed by atoms with Crippen molar-refractivity contribution in [3.63, 3.8) is 0 Å². The van der Waals surface area contributed by atoms with Crippen molar-refractivity contribution in [3.05, 3.63) is 82.5 Å². The first-order valence-corrected chi connectivity index (χ1v) is 13.3. The summed E-state index contributed by atoms with van der Waals surface area (Å²) in [6, 6.07) is 9.54. The summed E-state index contributed by atoms with van der Waals surface area (Å²) in [7, 11) is 0. The number of rotatable bonds is 6. The lowest BCUT2D eigenvalue weighted by Crippen LogP contribution is -2.48. The van der Waals surface area contributed by atoms with E-state index in [2.05, 4.69) is 58.2 Å². The second-order valence-electron chi connectivity index (χ2n) is 11.8. The van der Waals surface area contributed by atoms with Crippen molar-refractivity contribution in [2.24, 2.45) is 29.1 Å². The number of carbonyl (C=O) groups is 2. The molecule has 1 fully saturated rings. The van der Waals surface area contributed by atoms with Crippen molar-refractivity contribution in [3.8, 4) is 0 Å². The SMILES string of the molecule is C/C=C(C)/C=C(\C)[C@@H]1C(C)=C[C@]2(C)C[C@H](C)CC[C@H]2C1C(=O)C1=CC(O)(Cc2ccccc2)NC1=O. The number of hydrogen-bond donors (Lipinski definition) is 2. The Kier molecular flexibility index (Phi) is 7.30. The molecule has 6 atom stereocenters. The molecule has 4 rings (SSSR count). The predicted octanol–water partition coefficient (Wildman–Crippen LogP) is 6.09. The van der Waals surface area contributed by atoms with Crippen molar-refractivity contribution in [2.75, 3.05) is 0 Å². The van der Waals surface area contributed by atoms with Gasteiger partial charge in [-0.25, -0.2) is 0 Å². The number of benzene rings is 1. The lowest BCUT2D eigenvalue weighted by Gasteiger charge is -2.52. The van der Waals surface area contributed by atoms with Gasteiger partial charge in [-0.1, -0.05) is 85.5 Å². The second kappa shape index (κ2) is 9.97. The molecule has 0 saturated heterocycles. The Bertz CT molecular complexity index is 1160. The number of amides is 1. The van der Waals surface area contributed by atoms with Gasteiger partial charge in [-0.2, -0.15) is 0 Å². The zero-order valence-corrected chi connectivity index (χ0v) is 22.6. The Hall–Kier alpha value is -2.72. The molecule has 0 spiro atoms. The van der Waals surface area contributed by atoms with E-state index in [-0.39, 0.29) is 40.9 Å². The van der Waals surface area contributed by atoms with E-state index in [9.17, 15) is 14.7 Å². The maximum atomic E-state index is 14.3. The average Bonchev–Trinajstić information content (AvgIpc) is 3.10. The molecule has 2 N–H and O–H groups in total. The van der Waals surface area contributed by atoms with Crippen LogP contribution in [0.2, 0.25) is 0 Å². The van der Waals surface area contributed by atoms with E-state index in [1.165, 1.54) is 11.6 Å². The molecule has 1 saturated carbocycles. The smallest absolute Gasteiger partial charge is 0.257 e. The third-order valence-electron chi connectivity index (χ3n) is 8.69. The molecule has 0 aromatic heterocycles. The van der Waals surface area contributed by atoms with Gasteiger partial charge in [0.15, 0.2) is 11.5 Å². The molecule has 1 aliphatic heterocycles. The first-order chi connectivity index (χ1) is 17.0.